The van der Waals surface area contributed by atoms with Crippen molar-refractivity contribution >= 4 is 11.2 Å². The molecule has 0 spiro atoms. The monoisotopic (exact) mass is 254 g/mol. The molecule has 0 unspecified atom stereocenters. The van der Waals surface area contributed by atoms with Gasteiger partial charge in [0.1, 0.15) is 11.3 Å². The smallest absolute Gasteiger partial charge is 0.247 e. The van der Waals surface area contributed by atoms with Crippen molar-refractivity contribution in [3.63, 3.8) is 0 Å². The summed E-state index contributed by atoms with van der Waals surface area (Å²) in [5, 5.41) is 0. The van der Waals surface area contributed by atoms with Crippen LogP contribution in [0, 0.1) is 13.8 Å². The largest absolute Gasteiger partial charge is 0.484 e. The van der Waals surface area contributed by atoms with E-state index in [9.17, 15) is 0 Å². The highest BCUT2D eigenvalue weighted by Gasteiger charge is 2.07. The Bertz CT molecular complexity index is 702. The molecule has 0 saturated carbocycles. The number of aromatic nitrogens is 2. The Morgan fingerprint density at radius 2 is 1.89 bits per heavy atom. The Hall–Kier alpha value is -2.36. The van der Waals surface area contributed by atoms with Crippen LogP contribution in [0.1, 0.15) is 17.0 Å². The molecule has 0 saturated heterocycles. The van der Waals surface area contributed by atoms with E-state index in [-0.39, 0.29) is 0 Å². The lowest BCUT2D eigenvalue weighted by Gasteiger charge is -2.02. The minimum Gasteiger partial charge on any atom is -0.484 e. The van der Waals surface area contributed by atoms with Crippen molar-refractivity contribution in [2.24, 2.45) is 0 Å². The second-order valence-corrected chi connectivity index (χ2v) is 4.55. The Labute approximate surface area is 111 Å². The van der Waals surface area contributed by atoms with Crippen LogP contribution < -0.4 is 4.74 Å². The van der Waals surface area contributed by atoms with E-state index in [0.29, 0.717) is 18.2 Å². The number of benzene rings is 1. The van der Waals surface area contributed by atoms with Crippen LogP contribution in [0.15, 0.2) is 40.9 Å². The van der Waals surface area contributed by atoms with Gasteiger partial charge in [-0.25, -0.2) is 9.97 Å². The van der Waals surface area contributed by atoms with E-state index in [1.165, 1.54) is 5.56 Å². The fraction of sp³-hybridized carbons (Fsp3) is 0.200. The standard InChI is InChI=1S/C15H14N2O2/c1-10-3-5-12(6-4-10)18-9-14-17-13-7-11(2)8-16-15(13)19-14/h3-8H,9H2,1-2H3. The van der Waals surface area contributed by atoms with Crippen molar-refractivity contribution in [2.45, 2.75) is 20.5 Å². The first-order chi connectivity index (χ1) is 9.20. The van der Waals surface area contributed by atoms with E-state index >= 15 is 0 Å². The number of hydrogen-bond donors (Lipinski definition) is 0. The molecule has 0 fully saturated rings. The molecule has 2 heterocycles. The molecule has 3 rings (SSSR count). The SMILES string of the molecule is Cc1ccc(OCc2nc3cc(C)cnc3o2)cc1. The van der Waals surface area contributed by atoms with E-state index < -0.39 is 0 Å². The fourth-order valence-corrected chi connectivity index (χ4v) is 1.81. The molecule has 0 bridgehead atoms. The number of hydrogen-bond acceptors (Lipinski definition) is 4. The van der Waals surface area contributed by atoms with Crippen LogP contribution in [-0.4, -0.2) is 9.97 Å². The maximum absolute atomic E-state index is 5.62. The Balaban J connectivity index is 1.76. The van der Waals surface area contributed by atoms with Crippen LogP contribution in [0.5, 0.6) is 5.75 Å². The molecule has 4 heteroatoms. The third kappa shape index (κ3) is 2.57. The van der Waals surface area contributed by atoms with E-state index in [4.69, 9.17) is 9.15 Å². The molecule has 0 amide bonds. The molecular weight excluding hydrogens is 240 g/mol. The zero-order valence-electron chi connectivity index (χ0n) is 10.9. The predicted octanol–water partition coefficient (Wildman–Crippen LogP) is 3.42. The van der Waals surface area contributed by atoms with E-state index in [0.717, 1.165) is 16.8 Å². The summed E-state index contributed by atoms with van der Waals surface area (Å²) < 4.78 is 11.1. The van der Waals surface area contributed by atoms with Gasteiger partial charge in [-0.15, -0.1) is 0 Å². The molecule has 0 atom stereocenters. The van der Waals surface area contributed by atoms with E-state index in [1.54, 1.807) is 6.20 Å². The normalized spacial score (nSPS) is 10.8. The number of oxazole rings is 1. The number of aryl methyl sites for hydroxylation is 2. The lowest BCUT2D eigenvalue weighted by Crippen LogP contribution is -1.95. The summed E-state index contributed by atoms with van der Waals surface area (Å²) in [6.45, 7) is 4.32. The number of ether oxygens (including phenoxy) is 1. The summed E-state index contributed by atoms with van der Waals surface area (Å²) in [6.07, 6.45) is 1.76. The van der Waals surface area contributed by atoms with Crippen molar-refractivity contribution < 1.29 is 9.15 Å². The van der Waals surface area contributed by atoms with Gasteiger partial charge in [0.15, 0.2) is 6.61 Å². The molecule has 0 aliphatic heterocycles. The fourth-order valence-electron chi connectivity index (χ4n) is 1.81. The summed E-state index contributed by atoms with van der Waals surface area (Å²) in [5.41, 5.74) is 3.58. The van der Waals surface area contributed by atoms with Gasteiger partial charge in [-0.2, -0.15) is 0 Å². The van der Waals surface area contributed by atoms with E-state index in [1.807, 2.05) is 44.2 Å². The quantitative estimate of drug-likeness (QED) is 0.718. The molecule has 0 radical (unpaired) electrons. The molecule has 3 aromatic rings. The molecule has 19 heavy (non-hydrogen) atoms. The summed E-state index contributed by atoms with van der Waals surface area (Å²) in [7, 11) is 0. The van der Waals surface area contributed by atoms with Gasteiger partial charge in [0.25, 0.3) is 0 Å². The average molecular weight is 254 g/mol. The number of pyridine rings is 1. The van der Waals surface area contributed by atoms with Gasteiger partial charge in [0.2, 0.25) is 11.6 Å². The highest BCUT2D eigenvalue weighted by atomic mass is 16.5. The maximum atomic E-state index is 5.62. The Morgan fingerprint density at radius 3 is 2.68 bits per heavy atom. The molecule has 1 aromatic carbocycles. The molecule has 0 aliphatic carbocycles. The van der Waals surface area contributed by atoms with Crippen LogP contribution in [0.25, 0.3) is 11.2 Å². The zero-order chi connectivity index (χ0) is 13.2. The molecule has 0 N–H and O–H groups in total. The number of nitrogens with zero attached hydrogens (tertiary/aromatic N) is 2. The van der Waals surface area contributed by atoms with Crippen molar-refractivity contribution in [1.29, 1.82) is 0 Å². The second-order valence-electron chi connectivity index (χ2n) is 4.55. The summed E-state index contributed by atoms with van der Waals surface area (Å²) >= 11 is 0. The second kappa shape index (κ2) is 4.72. The molecular formula is C15H14N2O2. The van der Waals surface area contributed by atoms with Crippen LogP contribution in [0.4, 0.5) is 0 Å². The lowest BCUT2D eigenvalue weighted by molar-refractivity contribution is 0.266. The first-order valence-corrected chi connectivity index (χ1v) is 6.12. The average Bonchev–Trinajstić information content (AvgIpc) is 2.80. The molecule has 0 aliphatic rings. The van der Waals surface area contributed by atoms with Gasteiger partial charge in [-0.05, 0) is 37.6 Å². The van der Waals surface area contributed by atoms with Crippen LogP contribution >= 0.6 is 0 Å². The maximum Gasteiger partial charge on any atom is 0.247 e. The minimum atomic E-state index is 0.304. The van der Waals surface area contributed by atoms with Gasteiger partial charge in [0, 0.05) is 6.20 Å². The van der Waals surface area contributed by atoms with Gasteiger partial charge >= 0.3 is 0 Å². The topological polar surface area (TPSA) is 48.2 Å². The first-order valence-electron chi connectivity index (χ1n) is 6.12. The van der Waals surface area contributed by atoms with Crippen molar-refractivity contribution in [1.82, 2.24) is 9.97 Å². The van der Waals surface area contributed by atoms with Crippen molar-refractivity contribution in [3.8, 4) is 5.75 Å². The van der Waals surface area contributed by atoms with Gasteiger partial charge in [-0.3, -0.25) is 0 Å². The third-order valence-electron chi connectivity index (χ3n) is 2.81. The van der Waals surface area contributed by atoms with Crippen LogP contribution in [-0.2, 0) is 6.61 Å². The Kier molecular flexibility index (Phi) is 2.91. The lowest BCUT2D eigenvalue weighted by atomic mass is 10.2. The summed E-state index contributed by atoms with van der Waals surface area (Å²) in [5.74, 6) is 1.34. The Morgan fingerprint density at radius 1 is 1.11 bits per heavy atom. The predicted molar refractivity (Wildman–Crippen MR) is 72.1 cm³/mol. The third-order valence-corrected chi connectivity index (χ3v) is 2.81. The highest BCUT2D eigenvalue weighted by molar-refractivity contribution is 5.68. The number of rotatable bonds is 3. The molecule has 4 nitrogen and oxygen atoms in total. The summed E-state index contributed by atoms with van der Waals surface area (Å²) in [4.78, 5) is 8.54. The van der Waals surface area contributed by atoms with E-state index in [2.05, 4.69) is 9.97 Å². The van der Waals surface area contributed by atoms with Gasteiger partial charge < -0.3 is 9.15 Å². The first kappa shape index (κ1) is 11.7. The van der Waals surface area contributed by atoms with Gasteiger partial charge in [0.05, 0.1) is 0 Å². The van der Waals surface area contributed by atoms with Crippen molar-refractivity contribution in [2.75, 3.05) is 0 Å². The van der Waals surface area contributed by atoms with Crippen LogP contribution in [0.2, 0.25) is 0 Å². The molecule has 2 aromatic heterocycles. The summed E-state index contributed by atoms with van der Waals surface area (Å²) in [6, 6.07) is 9.82. The minimum absolute atomic E-state index is 0.304. The molecule has 96 valence electrons. The van der Waals surface area contributed by atoms with Gasteiger partial charge in [-0.1, -0.05) is 17.7 Å². The van der Waals surface area contributed by atoms with Crippen LogP contribution in [0.3, 0.4) is 0 Å². The van der Waals surface area contributed by atoms with Crippen molar-refractivity contribution in [3.05, 3.63) is 53.5 Å². The zero-order valence-corrected chi connectivity index (χ0v) is 10.9. The number of fused-ring (bicyclic) bond motifs is 1. The highest BCUT2D eigenvalue weighted by Crippen LogP contribution is 2.17.